The number of rotatable bonds is 6. The zero-order chi connectivity index (χ0) is 14.6. The van der Waals surface area contributed by atoms with Crippen LogP contribution >= 0.6 is 0 Å². The van der Waals surface area contributed by atoms with Gasteiger partial charge in [-0.15, -0.1) is 0 Å². The average Bonchev–Trinajstić information content (AvgIpc) is 2.44. The van der Waals surface area contributed by atoms with Crippen LogP contribution in [0.1, 0.15) is 49.4 Å². The molecule has 0 radical (unpaired) electrons. The van der Waals surface area contributed by atoms with E-state index >= 15 is 0 Å². The average molecular weight is 265 g/mol. The van der Waals surface area contributed by atoms with Gasteiger partial charge < -0.3 is 15.2 Å². The predicted molar refractivity (Wildman–Crippen MR) is 79.7 cm³/mol. The van der Waals surface area contributed by atoms with E-state index in [1.807, 2.05) is 0 Å². The Kier molecular flexibility index (Phi) is 5.39. The minimum absolute atomic E-state index is 0.193. The Morgan fingerprint density at radius 1 is 1.16 bits per heavy atom. The van der Waals surface area contributed by atoms with E-state index in [1.165, 1.54) is 5.56 Å². The van der Waals surface area contributed by atoms with Gasteiger partial charge in [0.2, 0.25) is 0 Å². The normalized spacial score (nSPS) is 13.4. The second-order valence-corrected chi connectivity index (χ2v) is 5.08. The summed E-state index contributed by atoms with van der Waals surface area (Å²) in [6.45, 7) is 8.37. The van der Waals surface area contributed by atoms with Gasteiger partial charge in [-0.05, 0) is 37.8 Å². The van der Waals surface area contributed by atoms with Crippen molar-refractivity contribution in [2.45, 2.75) is 52.2 Å². The third kappa shape index (κ3) is 2.77. The van der Waals surface area contributed by atoms with E-state index in [1.54, 1.807) is 14.2 Å². The van der Waals surface area contributed by atoms with Gasteiger partial charge in [0.05, 0.1) is 18.8 Å². The van der Waals surface area contributed by atoms with Crippen LogP contribution < -0.4 is 10.5 Å². The number of hydrogen-bond donors (Lipinski definition) is 1. The molecule has 19 heavy (non-hydrogen) atoms. The van der Waals surface area contributed by atoms with Gasteiger partial charge in [0.1, 0.15) is 5.75 Å². The molecule has 0 heterocycles. The number of benzene rings is 1. The van der Waals surface area contributed by atoms with Crippen molar-refractivity contribution in [1.82, 2.24) is 0 Å². The lowest BCUT2D eigenvalue weighted by Crippen LogP contribution is -2.42. The third-order valence-corrected chi connectivity index (χ3v) is 4.42. The Morgan fingerprint density at radius 3 is 2.16 bits per heavy atom. The summed E-state index contributed by atoms with van der Waals surface area (Å²) in [4.78, 5) is 0. The van der Waals surface area contributed by atoms with Gasteiger partial charge >= 0.3 is 0 Å². The standard InChI is InChI=1S/C16H27NO2/c1-7-16(8-2,19-6)15(17)13-10-9-11(3)12(4)14(13)18-5/h9-10,15H,7-8,17H2,1-6H3. The van der Waals surface area contributed by atoms with Crippen LogP contribution in [0.4, 0.5) is 0 Å². The van der Waals surface area contributed by atoms with E-state index < -0.39 is 0 Å². The molecule has 0 aromatic heterocycles. The van der Waals surface area contributed by atoms with Crippen LogP contribution in [0.15, 0.2) is 12.1 Å². The number of hydrogen-bond acceptors (Lipinski definition) is 3. The summed E-state index contributed by atoms with van der Waals surface area (Å²) >= 11 is 0. The molecular formula is C16H27NO2. The van der Waals surface area contributed by atoms with E-state index in [-0.39, 0.29) is 11.6 Å². The van der Waals surface area contributed by atoms with Crippen molar-refractivity contribution in [1.29, 1.82) is 0 Å². The van der Waals surface area contributed by atoms with Gasteiger partial charge in [0, 0.05) is 12.7 Å². The largest absolute Gasteiger partial charge is 0.496 e. The highest BCUT2D eigenvalue weighted by atomic mass is 16.5. The summed E-state index contributed by atoms with van der Waals surface area (Å²) in [5, 5.41) is 0. The fourth-order valence-corrected chi connectivity index (χ4v) is 2.72. The van der Waals surface area contributed by atoms with Gasteiger partial charge in [-0.1, -0.05) is 26.0 Å². The van der Waals surface area contributed by atoms with E-state index in [2.05, 4.69) is 39.8 Å². The maximum absolute atomic E-state index is 6.50. The number of ether oxygens (including phenoxy) is 2. The fourth-order valence-electron chi connectivity index (χ4n) is 2.72. The van der Waals surface area contributed by atoms with Crippen LogP contribution in [-0.4, -0.2) is 19.8 Å². The number of methoxy groups -OCH3 is 2. The second kappa shape index (κ2) is 6.40. The molecule has 0 spiro atoms. The molecule has 0 bridgehead atoms. The van der Waals surface area contributed by atoms with Gasteiger partial charge in [-0.2, -0.15) is 0 Å². The van der Waals surface area contributed by atoms with Crippen molar-refractivity contribution in [3.8, 4) is 5.75 Å². The fraction of sp³-hybridized carbons (Fsp3) is 0.625. The Morgan fingerprint density at radius 2 is 1.74 bits per heavy atom. The van der Waals surface area contributed by atoms with Gasteiger partial charge in [-0.3, -0.25) is 0 Å². The highest BCUT2D eigenvalue weighted by Crippen LogP contribution is 2.39. The van der Waals surface area contributed by atoms with Crippen molar-refractivity contribution in [3.05, 3.63) is 28.8 Å². The first-order chi connectivity index (χ1) is 8.97. The van der Waals surface area contributed by atoms with Crippen LogP contribution in [0, 0.1) is 13.8 Å². The monoisotopic (exact) mass is 265 g/mol. The highest BCUT2D eigenvalue weighted by molar-refractivity contribution is 5.47. The highest BCUT2D eigenvalue weighted by Gasteiger charge is 2.36. The zero-order valence-corrected chi connectivity index (χ0v) is 13.0. The lowest BCUT2D eigenvalue weighted by Gasteiger charge is -2.37. The van der Waals surface area contributed by atoms with Gasteiger partial charge in [-0.25, -0.2) is 0 Å². The summed E-state index contributed by atoms with van der Waals surface area (Å²) < 4.78 is 11.3. The summed E-state index contributed by atoms with van der Waals surface area (Å²) in [5.74, 6) is 0.885. The van der Waals surface area contributed by atoms with Crippen molar-refractivity contribution >= 4 is 0 Å². The molecule has 1 rings (SSSR count). The SMILES string of the molecule is CCC(CC)(OC)C(N)c1ccc(C)c(C)c1OC. The number of aryl methyl sites for hydroxylation is 1. The van der Waals surface area contributed by atoms with E-state index in [0.717, 1.165) is 29.7 Å². The molecule has 0 saturated carbocycles. The smallest absolute Gasteiger partial charge is 0.126 e. The molecular weight excluding hydrogens is 238 g/mol. The molecule has 0 saturated heterocycles. The molecule has 0 aliphatic rings. The number of nitrogens with two attached hydrogens (primary N) is 1. The zero-order valence-electron chi connectivity index (χ0n) is 13.0. The van der Waals surface area contributed by atoms with Gasteiger partial charge in [0.25, 0.3) is 0 Å². The quantitative estimate of drug-likeness (QED) is 0.856. The van der Waals surface area contributed by atoms with Crippen LogP contribution in [-0.2, 0) is 4.74 Å². The Bertz CT molecular complexity index is 417. The molecule has 2 N–H and O–H groups in total. The molecule has 1 aromatic rings. The molecule has 0 fully saturated rings. The summed E-state index contributed by atoms with van der Waals surface area (Å²) in [5.41, 5.74) is 9.54. The summed E-state index contributed by atoms with van der Waals surface area (Å²) in [7, 11) is 3.44. The first kappa shape index (κ1) is 16.0. The topological polar surface area (TPSA) is 44.5 Å². The van der Waals surface area contributed by atoms with E-state index in [9.17, 15) is 0 Å². The van der Waals surface area contributed by atoms with Crippen LogP contribution in [0.3, 0.4) is 0 Å². The maximum atomic E-state index is 6.50. The summed E-state index contributed by atoms with van der Waals surface area (Å²) in [6, 6.07) is 3.96. The minimum Gasteiger partial charge on any atom is -0.496 e. The van der Waals surface area contributed by atoms with Crippen LogP contribution in [0.25, 0.3) is 0 Å². The molecule has 0 amide bonds. The minimum atomic E-state index is -0.338. The lowest BCUT2D eigenvalue weighted by molar-refractivity contribution is -0.0390. The molecule has 1 atom stereocenters. The molecule has 1 aromatic carbocycles. The Labute approximate surface area is 117 Å². The van der Waals surface area contributed by atoms with Gasteiger partial charge in [0.15, 0.2) is 0 Å². The molecule has 1 unspecified atom stereocenters. The van der Waals surface area contributed by atoms with E-state index in [0.29, 0.717) is 0 Å². The first-order valence-corrected chi connectivity index (χ1v) is 6.92. The lowest BCUT2D eigenvalue weighted by atomic mass is 9.83. The van der Waals surface area contributed by atoms with E-state index in [4.69, 9.17) is 15.2 Å². The summed E-state index contributed by atoms with van der Waals surface area (Å²) in [6.07, 6.45) is 1.74. The molecule has 0 aliphatic carbocycles. The molecule has 3 heteroatoms. The maximum Gasteiger partial charge on any atom is 0.126 e. The van der Waals surface area contributed by atoms with Crippen molar-refractivity contribution in [2.24, 2.45) is 5.73 Å². The predicted octanol–water partition coefficient (Wildman–Crippen LogP) is 3.52. The van der Waals surface area contributed by atoms with Crippen molar-refractivity contribution in [2.75, 3.05) is 14.2 Å². The molecule has 108 valence electrons. The van der Waals surface area contributed by atoms with Crippen LogP contribution in [0.5, 0.6) is 5.75 Å². The Balaban J connectivity index is 3.33. The van der Waals surface area contributed by atoms with Crippen molar-refractivity contribution in [3.63, 3.8) is 0 Å². The Hall–Kier alpha value is -1.06. The second-order valence-electron chi connectivity index (χ2n) is 5.08. The van der Waals surface area contributed by atoms with Crippen molar-refractivity contribution < 1.29 is 9.47 Å². The third-order valence-electron chi connectivity index (χ3n) is 4.42. The molecule has 3 nitrogen and oxygen atoms in total. The van der Waals surface area contributed by atoms with Crippen LogP contribution in [0.2, 0.25) is 0 Å². The molecule has 0 aliphatic heterocycles. The first-order valence-electron chi connectivity index (χ1n) is 6.92.